The van der Waals surface area contributed by atoms with Gasteiger partial charge in [-0.05, 0) is 13.3 Å². The number of nitrogens with zero attached hydrogens (tertiary/aromatic N) is 2. The lowest BCUT2D eigenvalue weighted by atomic mass is 10.1. The monoisotopic (exact) mass is 339 g/mol. The van der Waals surface area contributed by atoms with Gasteiger partial charge in [-0.15, -0.1) is 0 Å². The normalized spacial score (nSPS) is 10.6. The summed E-state index contributed by atoms with van der Waals surface area (Å²) in [5, 5.41) is 6.34. The third-order valence-electron chi connectivity index (χ3n) is 3.64. The van der Waals surface area contributed by atoms with Crippen LogP contribution in [0.4, 0.5) is 5.82 Å². The number of methoxy groups -OCH3 is 1. The van der Waals surface area contributed by atoms with Crippen LogP contribution in [-0.2, 0) is 14.3 Å². The zero-order valence-electron chi connectivity index (χ0n) is 15.0. The maximum Gasteiger partial charge on any atom is 0.245 e. The van der Waals surface area contributed by atoms with E-state index in [2.05, 4.69) is 17.4 Å². The van der Waals surface area contributed by atoms with Crippen LogP contribution in [0.3, 0.4) is 0 Å². The molecule has 0 fully saturated rings. The third kappa shape index (κ3) is 8.10. The average Bonchev–Trinajstić information content (AvgIpc) is 2.95. The highest BCUT2D eigenvalue weighted by atomic mass is 16.5. The van der Waals surface area contributed by atoms with Gasteiger partial charge in [-0.2, -0.15) is 0 Å². The van der Waals surface area contributed by atoms with Crippen LogP contribution >= 0.6 is 0 Å². The number of carbonyl (C=O) groups is 2. The van der Waals surface area contributed by atoms with Crippen molar-refractivity contribution in [3.8, 4) is 0 Å². The van der Waals surface area contributed by atoms with Crippen molar-refractivity contribution < 1.29 is 18.8 Å². The molecule has 1 N–H and O–H groups in total. The van der Waals surface area contributed by atoms with Crippen molar-refractivity contribution in [1.82, 2.24) is 10.1 Å². The molecule has 0 spiro atoms. The van der Waals surface area contributed by atoms with E-state index in [1.165, 1.54) is 17.7 Å². The highest BCUT2D eigenvalue weighted by Gasteiger charge is 2.17. The topological polar surface area (TPSA) is 84.7 Å². The number of aryl methyl sites for hydroxylation is 1. The van der Waals surface area contributed by atoms with E-state index < -0.39 is 0 Å². The molecule has 1 aromatic heterocycles. The largest absolute Gasteiger partial charge is 0.383 e. The van der Waals surface area contributed by atoms with Crippen molar-refractivity contribution in [2.24, 2.45) is 0 Å². The Balaban J connectivity index is 2.44. The van der Waals surface area contributed by atoms with Crippen molar-refractivity contribution in [3.63, 3.8) is 0 Å². The molecule has 0 unspecified atom stereocenters. The number of unbranched alkanes of at least 4 members (excludes halogenated alkanes) is 4. The van der Waals surface area contributed by atoms with E-state index in [1.807, 2.05) is 0 Å². The Morgan fingerprint density at radius 1 is 1.29 bits per heavy atom. The zero-order valence-corrected chi connectivity index (χ0v) is 15.0. The van der Waals surface area contributed by atoms with Crippen molar-refractivity contribution >= 4 is 17.6 Å². The number of amides is 2. The standard InChI is InChI=1S/C17H29N3O4/c1-4-5-6-7-8-9-17(22)20(10-11-23-3)13-16(21)18-15-12-14(2)24-19-15/h12H,4-11,13H2,1-3H3,(H,18,19,21). The summed E-state index contributed by atoms with van der Waals surface area (Å²) in [5.41, 5.74) is 0. The first-order chi connectivity index (χ1) is 11.6. The van der Waals surface area contributed by atoms with E-state index >= 15 is 0 Å². The Kier molecular flexibility index (Phi) is 9.76. The Bertz CT molecular complexity index is 502. The second kappa shape index (κ2) is 11.6. The van der Waals surface area contributed by atoms with Gasteiger partial charge >= 0.3 is 0 Å². The molecule has 0 aliphatic heterocycles. The first kappa shape index (κ1) is 20.2. The highest BCUT2D eigenvalue weighted by molar-refractivity contribution is 5.93. The highest BCUT2D eigenvalue weighted by Crippen LogP contribution is 2.09. The average molecular weight is 339 g/mol. The molecule has 7 nitrogen and oxygen atoms in total. The van der Waals surface area contributed by atoms with Crippen LogP contribution in [-0.4, -0.2) is 48.7 Å². The number of carbonyl (C=O) groups excluding carboxylic acids is 2. The minimum Gasteiger partial charge on any atom is -0.383 e. The van der Waals surface area contributed by atoms with Crippen molar-refractivity contribution in [3.05, 3.63) is 11.8 Å². The SMILES string of the molecule is CCCCCCCC(=O)N(CCOC)CC(=O)Nc1cc(C)on1. The predicted molar refractivity (Wildman–Crippen MR) is 91.7 cm³/mol. The van der Waals surface area contributed by atoms with Crippen LogP contribution in [0.2, 0.25) is 0 Å². The third-order valence-corrected chi connectivity index (χ3v) is 3.64. The number of aromatic nitrogens is 1. The van der Waals surface area contributed by atoms with E-state index in [-0.39, 0.29) is 18.4 Å². The van der Waals surface area contributed by atoms with E-state index in [4.69, 9.17) is 9.26 Å². The maximum absolute atomic E-state index is 12.3. The van der Waals surface area contributed by atoms with E-state index in [9.17, 15) is 9.59 Å². The molecule has 136 valence electrons. The lowest BCUT2D eigenvalue weighted by molar-refractivity contribution is -0.135. The molecule has 24 heavy (non-hydrogen) atoms. The van der Waals surface area contributed by atoms with Gasteiger partial charge < -0.3 is 19.5 Å². The van der Waals surface area contributed by atoms with Gasteiger partial charge in [0.25, 0.3) is 0 Å². The molecule has 0 atom stereocenters. The molecule has 0 radical (unpaired) electrons. The first-order valence-electron chi connectivity index (χ1n) is 8.56. The number of rotatable bonds is 12. The molecular formula is C17H29N3O4. The lowest BCUT2D eigenvalue weighted by Crippen LogP contribution is -2.39. The van der Waals surface area contributed by atoms with Gasteiger partial charge in [-0.1, -0.05) is 37.8 Å². The van der Waals surface area contributed by atoms with Gasteiger partial charge in [0.05, 0.1) is 13.2 Å². The van der Waals surface area contributed by atoms with Crippen LogP contribution in [0.25, 0.3) is 0 Å². The van der Waals surface area contributed by atoms with Crippen LogP contribution < -0.4 is 5.32 Å². The molecule has 1 rings (SSSR count). The maximum atomic E-state index is 12.3. The van der Waals surface area contributed by atoms with Gasteiger partial charge in [0.2, 0.25) is 11.8 Å². The molecule has 2 amide bonds. The van der Waals surface area contributed by atoms with Crippen LogP contribution in [0.5, 0.6) is 0 Å². The van der Waals surface area contributed by atoms with Crippen LogP contribution in [0, 0.1) is 6.92 Å². The number of nitrogens with one attached hydrogen (secondary N) is 1. The van der Waals surface area contributed by atoms with Crippen molar-refractivity contribution in [1.29, 1.82) is 0 Å². The van der Waals surface area contributed by atoms with Crippen molar-refractivity contribution in [2.75, 3.05) is 32.1 Å². The Morgan fingerprint density at radius 2 is 2.04 bits per heavy atom. The predicted octanol–water partition coefficient (Wildman–Crippen LogP) is 2.76. The molecule has 0 saturated carbocycles. The smallest absolute Gasteiger partial charge is 0.245 e. The number of hydrogen-bond donors (Lipinski definition) is 1. The van der Waals surface area contributed by atoms with E-state index in [0.29, 0.717) is 31.2 Å². The summed E-state index contributed by atoms with van der Waals surface area (Å²) in [6.07, 6.45) is 5.88. The lowest BCUT2D eigenvalue weighted by Gasteiger charge is -2.21. The molecule has 0 aromatic carbocycles. The zero-order chi connectivity index (χ0) is 17.8. The van der Waals surface area contributed by atoms with Gasteiger partial charge in [-0.25, -0.2) is 0 Å². The minimum atomic E-state index is -0.293. The summed E-state index contributed by atoms with van der Waals surface area (Å²) in [4.78, 5) is 26.0. The molecule has 1 heterocycles. The van der Waals surface area contributed by atoms with Gasteiger partial charge in [0, 0.05) is 26.1 Å². The number of anilines is 1. The molecule has 0 aliphatic carbocycles. The summed E-state index contributed by atoms with van der Waals surface area (Å²) in [5.74, 6) is 0.662. The van der Waals surface area contributed by atoms with E-state index in [1.54, 1.807) is 20.1 Å². The van der Waals surface area contributed by atoms with Crippen molar-refractivity contribution in [2.45, 2.75) is 52.4 Å². The van der Waals surface area contributed by atoms with Gasteiger partial charge in [0.15, 0.2) is 5.82 Å². The van der Waals surface area contributed by atoms with Crippen LogP contribution in [0.15, 0.2) is 10.6 Å². The molecule has 0 bridgehead atoms. The quantitative estimate of drug-likeness (QED) is 0.592. The fourth-order valence-electron chi connectivity index (χ4n) is 2.31. The minimum absolute atomic E-state index is 0.0109. The summed E-state index contributed by atoms with van der Waals surface area (Å²) in [7, 11) is 1.58. The second-order valence-corrected chi connectivity index (χ2v) is 5.84. The van der Waals surface area contributed by atoms with Gasteiger partial charge in [0.1, 0.15) is 5.76 Å². The van der Waals surface area contributed by atoms with E-state index in [0.717, 1.165) is 19.3 Å². The summed E-state index contributed by atoms with van der Waals surface area (Å²) in [6.45, 7) is 4.69. The molecule has 0 saturated heterocycles. The number of ether oxygens (including phenoxy) is 1. The summed E-state index contributed by atoms with van der Waals surface area (Å²) < 4.78 is 9.93. The summed E-state index contributed by atoms with van der Waals surface area (Å²) in [6, 6.07) is 1.63. The Morgan fingerprint density at radius 3 is 2.67 bits per heavy atom. The summed E-state index contributed by atoms with van der Waals surface area (Å²) >= 11 is 0. The fourth-order valence-corrected chi connectivity index (χ4v) is 2.31. The Labute approximate surface area is 143 Å². The molecule has 0 aliphatic rings. The van der Waals surface area contributed by atoms with Gasteiger partial charge in [-0.3, -0.25) is 9.59 Å². The Hall–Kier alpha value is -1.89. The molecular weight excluding hydrogens is 310 g/mol. The number of hydrogen-bond acceptors (Lipinski definition) is 5. The molecule has 1 aromatic rings. The first-order valence-corrected chi connectivity index (χ1v) is 8.56. The second-order valence-electron chi connectivity index (χ2n) is 5.84. The fraction of sp³-hybridized carbons (Fsp3) is 0.706. The van der Waals surface area contributed by atoms with Crippen LogP contribution in [0.1, 0.15) is 51.2 Å². The molecule has 7 heteroatoms.